The Morgan fingerprint density at radius 1 is 1.13 bits per heavy atom. The maximum absolute atomic E-state index is 13.3. The van der Waals surface area contributed by atoms with E-state index in [9.17, 15) is 25.2 Å². The number of phenolic OH excluding ortho intramolecular Hbond substituents is 3. The van der Waals surface area contributed by atoms with Crippen molar-refractivity contribution in [2.24, 2.45) is 0 Å². The van der Waals surface area contributed by atoms with Gasteiger partial charge in [0.1, 0.15) is 28.1 Å². The molecule has 0 spiro atoms. The maximum atomic E-state index is 13.3. The van der Waals surface area contributed by atoms with Crippen LogP contribution >= 0.6 is 0 Å². The van der Waals surface area contributed by atoms with Crippen LogP contribution < -0.4 is 10.2 Å². The number of benzene rings is 2. The largest absolute Gasteiger partial charge is 0.508 e. The van der Waals surface area contributed by atoms with Gasteiger partial charge in [-0.3, -0.25) is 4.79 Å². The molecular formula is C24H26O7. The van der Waals surface area contributed by atoms with Crippen LogP contribution in [0.15, 0.2) is 51.2 Å². The average molecular weight is 426 g/mol. The standard InChI is InChI=1S/C24H26O7/c1-12(2)16(26)8-6-13(3)5-7-15-21-20(11-18(28)24(15)30-4)31-19-10-14(25)9-17(27)22(19)23(21)29/h5,9-11,16,25-28H,1,6-8H2,2-4H3. The SMILES string of the molecule is C=C(C)C(O)CCC(C)=CCc1c(OC)c(O)cc2oc3cc(O)cc(O)c3c(=O)c12. The van der Waals surface area contributed by atoms with Gasteiger partial charge in [-0.1, -0.05) is 23.8 Å². The van der Waals surface area contributed by atoms with Gasteiger partial charge in [-0.15, -0.1) is 0 Å². The van der Waals surface area contributed by atoms with E-state index in [1.165, 1.54) is 19.2 Å². The topological polar surface area (TPSA) is 120 Å². The van der Waals surface area contributed by atoms with Crippen molar-refractivity contribution in [3.05, 3.63) is 57.8 Å². The highest BCUT2D eigenvalue weighted by Crippen LogP contribution is 2.39. The fraction of sp³-hybridized carbons (Fsp3) is 0.292. The molecular weight excluding hydrogens is 400 g/mol. The minimum Gasteiger partial charge on any atom is -0.508 e. The number of allylic oxidation sites excluding steroid dienone is 2. The number of ether oxygens (including phenoxy) is 1. The Labute approximate surface area is 179 Å². The third-order valence-electron chi connectivity index (χ3n) is 5.30. The van der Waals surface area contributed by atoms with Gasteiger partial charge >= 0.3 is 0 Å². The van der Waals surface area contributed by atoms with Crippen molar-refractivity contribution in [1.82, 2.24) is 0 Å². The minimum absolute atomic E-state index is 0.00558. The number of fused-ring (bicyclic) bond motifs is 2. The molecule has 0 aliphatic carbocycles. The molecule has 2 aromatic carbocycles. The van der Waals surface area contributed by atoms with E-state index in [2.05, 4.69) is 6.58 Å². The van der Waals surface area contributed by atoms with Crippen LogP contribution in [0.1, 0.15) is 32.3 Å². The molecule has 0 aliphatic rings. The van der Waals surface area contributed by atoms with E-state index in [4.69, 9.17) is 9.15 Å². The van der Waals surface area contributed by atoms with Crippen molar-refractivity contribution in [3.63, 3.8) is 0 Å². The Bertz CT molecular complexity index is 1250. The first kappa shape index (κ1) is 22.2. The fourth-order valence-corrected chi connectivity index (χ4v) is 3.56. The van der Waals surface area contributed by atoms with Crippen molar-refractivity contribution in [2.75, 3.05) is 7.11 Å². The molecule has 0 bridgehead atoms. The van der Waals surface area contributed by atoms with Gasteiger partial charge in [0.15, 0.2) is 11.5 Å². The molecule has 0 radical (unpaired) electrons. The van der Waals surface area contributed by atoms with Gasteiger partial charge in [0.05, 0.1) is 18.6 Å². The molecule has 4 N–H and O–H groups in total. The molecule has 31 heavy (non-hydrogen) atoms. The van der Waals surface area contributed by atoms with E-state index < -0.39 is 17.3 Å². The summed E-state index contributed by atoms with van der Waals surface area (Å²) >= 11 is 0. The van der Waals surface area contributed by atoms with Crippen LogP contribution in [0.4, 0.5) is 0 Å². The molecule has 1 atom stereocenters. The zero-order valence-electron chi connectivity index (χ0n) is 17.7. The zero-order valence-corrected chi connectivity index (χ0v) is 17.7. The smallest absolute Gasteiger partial charge is 0.204 e. The lowest BCUT2D eigenvalue weighted by Gasteiger charge is -2.14. The number of methoxy groups -OCH3 is 1. The molecule has 0 amide bonds. The van der Waals surface area contributed by atoms with E-state index in [-0.39, 0.29) is 45.6 Å². The van der Waals surface area contributed by atoms with E-state index in [0.29, 0.717) is 24.0 Å². The summed E-state index contributed by atoms with van der Waals surface area (Å²) in [6.45, 7) is 7.43. The molecule has 7 nitrogen and oxygen atoms in total. The quantitative estimate of drug-likeness (QED) is 0.329. The lowest BCUT2D eigenvalue weighted by Crippen LogP contribution is -2.08. The number of hydrogen-bond acceptors (Lipinski definition) is 7. The van der Waals surface area contributed by atoms with Crippen LogP contribution in [0.2, 0.25) is 0 Å². The molecule has 1 heterocycles. The Hall–Kier alpha value is -3.45. The first-order valence-corrected chi connectivity index (χ1v) is 9.84. The average Bonchev–Trinajstić information content (AvgIpc) is 2.68. The van der Waals surface area contributed by atoms with Crippen molar-refractivity contribution >= 4 is 21.9 Å². The molecule has 3 aromatic rings. The number of aliphatic hydroxyl groups is 1. The summed E-state index contributed by atoms with van der Waals surface area (Å²) in [6, 6.07) is 3.58. The second kappa shape index (κ2) is 8.73. The van der Waals surface area contributed by atoms with Gasteiger partial charge in [0.25, 0.3) is 0 Å². The van der Waals surface area contributed by atoms with Crippen LogP contribution in [-0.2, 0) is 6.42 Å². The number of rotatable bonds is 7. The second-order valence-electron chi connectivity index (χ2n) is 7.71. The Kier molecular flexibility index (Phi) is 6.27. The fourth-order valence-electron chi connectivity index (χ4n) is 3.56. The van der Waals surface area contributed by atoms with Gasteiger partial charge in [-0.2, -0.15) is 0 Å². The predicted molar refractivity (Wildman–Crippen MR) is 119 cm³/mol. The zero-order chi connectivity index (χ0) is 22.9. The summed E-state index contributed by atoms with van der Waals surface area (Å²) < 4.78 is 11.1. The van der Waals surface area contributed by atoms with Crippen molar-refractivity contribution in [2.45, 2.75) is 39.2 Å². The second-order valence-corrected chi connectivity index (χ2v) is 7.71. The lowest BCUT2D eigenvalue weighted by atomic mass is 9.98. The van der Waals surface area contributed by atoms with Gasteiger partial charge < -0.3 is 29.6 Å². The van der Waals surface area contributed by atoms with Crippen molar-refractivity contribution in [1.29, 1.82) is 0 Å². The van der Waals surface area contributed by atoms with E-state index in [1.807, 2.05) is 13.0 Å². The van der Waals surface area contributed by atoms with Crippen molar-refractivity contribution < 1.29 is 29.6 Å². The summed E-state index contributed by atoms with van der Waals surface area (Å²) in [5, 5.41) is 40.4. The van der Waals surface area contributed by atoms with E-state index >= 15 is 0 Å². The van der Waals surface area contributed by atoms with Crippen LogP contribution in [-0.4, -0.2) is 33.6 Å². The first-order valence-electron chi connectivity index (χ1n) is 9.84. The molecule has 1 unspecified atom stereocenters. The third kappa shape index (κ3) is 4.36. The molecule has 0 saturated carbocycles. The normalized spacial score (nSPS) is 13.0. The highest BCUT2D eigenvalue weighted by molar-refractivity contribution is 5.96. The monoisotopic (exact) mass is 426 g/mol. The summed E-state index contributed by atoms with van der Waals surface area (Å²) in [6.07, 6.45) is 2.72. The number of aliphatic hydroxyl groups excluding tert-OH is 1. The molecule has 1 aromatic heterocycles. The summed E-state index contributed by atoms with van der Waals surface area (Å²) in [7, 11) is 1.39. The number of phenols is 3. The van der Waals surface area contributed by atoms with Crippen LogP contribution in [0.3, 0.4) is 0 Å². The highest BCUT2D eigenvalue weighted by Gasteiger charge is 2.21. The lowest BCUT2D eigenvalue weighted by molar-refractivity contribution is 0.201. The van der Waals surface area contributed by atoms with Gasteiger partial charge in [0, 0.05) is 23.8 Å². The van der Waals surface area contributed by atoms with Crippen LogP contribution in [0.25, 0.3) is 21.9 Å². The van der Waals surface area contributed by atoms with Crippen LogP contribution in [0.5, 0.6) is 23.0 Å². The first-order chi connectivity index (χ1) is 14.6. The molecule has 3 rings (SSSR count). The molecule has 0 aliphatic heterocycles. The van der Waals surface area contributed by atoms with Crippen molar-refractivity contribution in [3.8, 4) is 23.0 Å². The Morgan fingerprint density at radius 3 is 2.45 bits per heavy atom. The predicted octanol–water partition coefficient (Wildman–Crippen LogP) is 4.28. The Balaban J connectivity index is 2.15. The Morgan fingerprint density at radius 2 is 1.81 bits per heavy atom. The minimum atomic E-state index is -0.586. The number of aromatic hydroxyl groups is 3. The van der Waals surface area contributed by atoms with E-state index in [0.717, 1.165) is 11.6 Å². The highest BCUT2D eigenvalue weighted by atomic mass is 16.5. The summed E-state index contributed by atoms with van der Waals surface area (Å²) in [4.78, 5) is 13.3. The number of hydrogen-bond donors (Lipinski definition) is 4. The van der Waals surface area contributed by atoms with Gasteiger partial charge in [-0.05, 0) is 33.1 Å². The van der Waals surface area contributed by atoms with E-state index in [1.54, 1.807) is 6.92 Å². The maximum Gasteiger partial charge on any atom is 0.204 e. The van der Waals surface area contributed by atoms with Crippen LogP contribution in [0, 0.1) is 0 Å². The third-order valence-corrected chi connectivity index (χ3v) is 5.30. The van der Waals surface area contributed by atoms with Gasteiger partial charge in [-0.25, -0.2) is 0 Å². The molecule has 7 heteroatoms. The molecule has 0 saturated heterocycles. The molecule has 164 valence electrons. The van der Waals surface area contributed by atoms with Gasteiger partial charge in [0.2, 0.25) is 5.43 Å². The summed E-state index contributed by atoms with van der Waals surface area (Å²) in [5.74, 6) is -0.700. The molecule has 0 fully saturated rings. The summed E-state index contributed by atoms with van der Waals surface area (Å²) in [5.41, 5.74) is 1.72.